The van der Waals surface area contributed by atoms with Crippen molar-refractivity contribution in [2.45, 2.75) is 31.7 Å². The van der Waals surface area contributed by atoms with Gasteiger partial charge in [0, 0.05) is 33.2 Å². The lowest BCUT2D eigenvalue weighted by Crippen LogP contribution is -2.57. The topological polar surface area (TPSA) is 52.7 Å². The molecule has 1 aliphatic carbocycles. The number of piperazine rings is 1. The molecule has 1 saturated heterocycles. The smallest absolute Gasteiger partial charge is 0.255 e. The zero-order chi connectivity index (χ0) is 17.8. The van der Waals surface area contributed by atoms with Gasteiger partial charge < -0.3 is 10.2 Å². The van der Waals surface area contributed by atoms with Crippen LogP contribution in [0.5, 0.6) is 0 Å². The summed E-state index contributed by atoms with van der Waals surface area (Å²) in [6.07, 6.45) is 4.67. The number of likely N-dealkylation sites (N-methyl/N-ethyl adjacent to an activating group) is 1. The van der Waals surface area contributed by atoms with Crippen molar-refractivity contribution in [3.05, 3.63) is 34.9 Å². The quantitative estimate of drug-likeness (QED) is 0.893. The van der Waals surface area contributed by atoms with Crippen LogP contribution in [0.15, 0.2) is 24.3 Å². The zero-order valence-electron chi connectivity index (χ0n) is 14.7. The predicted octanol–water partition coefficient (Wildman–Crippen LogP) is 2.40. The normalized spacial score (nSPS) is 20.5. The number of carbonyl (C=O) groups is 2. The second-order valence-electron chi connectivity index (χ2n) is 6.91. The van der Waals surface area contributed by atoms with E-state index in [0.717, 1.165) is 25.9 Å². The molecule has 2 fully saturated rings. The Balaban J connectivity index is 1.65. The lowest BCUT2D eigenvalue weighted by atomic mass is 9.95. The van der Waals surface area contributed by atoms with Crippen LogP contribution in [0.2, 0.25) is 5.02 Å². The van der Waals surface area contributed by atoms with Crippen LogP contribution in [0, 0.1) is 5.92 Å². The van der Waals surface area contributed by atoms with Crippen LogP contribution in [0.3, 0.4) is 0 Å². The third-order valence-electron chi connectivity index (χ3n) is 5.46. The fourth-order valence-electron chi connectivity index (χ4n) is 4.11. The van der Waals surface area contributed by atoms with Crippen LogP contribution in [0.1, 0.15) is 36.0 Å². The number of rotatable bonds is 4. The van der Waals surface area contributed by atoms with Gasteiger partial charge in [-0.1, -0.05) is 36.6 Å². The van der Waals surface area contributed by atoms with E-state index in [9.17, 15) is 9.59 Å². The highest BCUT2D eigenvalue weighted by Gasteiger charge is 2.37. The van der Waals surface area contributed by atoms with E-state index in [1.54, 1.807) is 19.2 Å². The zero-order valence-corrected chi connectivity index (χ0v) is 15.5. The van der Waals surface area contributed by atoms with Crippen molar-refractivity contribution in [3.63, 3.8) is 0 Å². The molecule has 0 spiro atoms. The molecule has 136 valence electrons. The van der Waals surface area contributed by atoms with Crippen LogP contribution < -0.4 is 5.32 Å². The van der Waals surface area contributed by atoms with E-state index in [2.05, 4.69) is 10.2 Å². The van der Waals surface area contributed by atoms with Gasteiger partial charge in [-0.25, -0.2) is 0 Å². The number of nitrogens with one attached hydrogen (secondary N) is 1. The highest BCUT2D eigenvalue weighted by Crippen LogP contribution is 2.31. The standard InChI is InChI=1S/C19H26ClN3O2/c1-21-18(24)17(14-6-2-3-7-14)22-10-12-23(13-11-22)19(25)15-8-4-5-9-16(15)20/h4-5,8-9,14,17H,2-3,6-7,10-13H2,1H3,(H,21,24). The van der Waals surface area contributed by atoms with Crippen molar-refractivity contribution < 1.29 is 9.59 Å². The number of benzene rings is 1. The summed E-state index contributed by atoms with van der Waals surface area (Å²) >= 11 is 6.15. The maximum absolute atomic E-state index is 12.7. The minimum Gasteiger partial charge on any atom is -0.358 e. The molecule has 25 heavy (non-hydrogen) atoms. The molecular formula is C19H26ClN3O2. The third-order valence-corrected chi connectivity index (χ3v) is 5.79. The highest BCUT2D eigenvalue weighted by atomic mass is 35.5. The first-order valence-corrected chi connectivity index (χ1v) is 9.49. The molecular weight excluding hydrogens is 338 g/mol. The Morgan fingerprint density at radius 2 is 1.76 bits per heavy atom. The molecule has 1 aliphatic heterocycles. The molecule has 0 bridgehead atoms. The number of nitrogens with zero attached hydrogens (tertiary/aromatic N) is 2. The molecule has 1 aromatic carbocycles. The molecule has 2 aliphatic rings. The lowest BCUT2D eigenvalue weighted by Gasteiger charge is -2.40. The molecule has 1 aromatic rings. The Labute approximate surface area is 154 Å². The van der Waals surface area contributed by atoms with Crippen molar-refractivity contribution in [1.82, 2.24) is 15.1 Å². The van der Waals surface area contributed by atoms with Crippen LogP contribution in [-0.2, 0) is 4.79 Å². The molecule has 1 unspecified atom stereocenters. The Kier molecular flexibility index (Phi) is 5.97. The Morgan fingerprint density at radius 3 is 2.36 bits per heavy atom. The monoisotopic (exact) mass is 363 g/mol. The first-order valence-electron chi connectivity index (χ1n) is 9.11. The van der Waals surface area contributed by atoms with E-state index in [4.69, 9.17) is 11.6 Å². The van der Waals surface area contributed by atoms with Gasteiger partial charge in [-0.05, 0) is 30.9 Å². The van der Waals surface area contributed by atoms with Crippen LogP contribution in [0.25, 0.3) is 0 Å². The highest BCUT2D eigenvalue weighted by molar-refractivity contribution is 6.33. The molecule has 2 amide bonds. The van der Waals surface area contributed by atoms with Gasteiger partial charge in [0.1, 0.15) is 0 Å². The number of hydrogen-bond acceptors (Lipinski definition) is 3. The van der Waals surface area contributed by atoms with Crippen molar-refractivity contribution in [2.24, 2.45) is 5.92 Å². The minimum atomic E-state index is -0.0648. The summed E-state index contributed by atoms with van der Waals surface area (Å²) < 4.78 is 0. The second-order valence-corrected chi connectivity index (χ2v) is 7.32. The summed E-state index contributed by atoms with van der Waals surface area (Å²) in [5.41, 5.74) is 0.552. The molecule has 1 saturated carbocycles. The third kappa shape index (κ3) is 3.98. The number of hydrogen-bond donors (Lipinski definition) is 1. The van der Waals surface area contributed by atoms with Crippen molar-refractivity contribution in [2.75, 3.05) is 33.2 Å². The number of amides is 2. The van der Waals surface area contributed by atoms with Gasteiger partial charge in [-0.3, -0.25) is 14.5 Å². The van der Waals surface area contributed by atoms with E-state index in [1.807, 2.05) is 17.0 Å². The summed E-state index contributed by atoms with van der Waals surface area (Å²) in [6, 6.07) is 7.10. The van der Waals surface area contributed by atoms with Gasteiger partial charge in [0.2, 0.25) is 5.91 Å². The molecule has 1 N–H and O–H groups in total. The van der Waals surface area contributed by atoms with Gasteiger partial charge in [0.05, 0.1) is 16.6 Å². The predicted molar refractivity (Wildman–Crippen MR) is 98.7 cm³/mol. The summed E-state index contributed by atoms with van der Waals surface area (Å²) in [4.78, 5) is 29.2. The Morgan fingerprint density at radius 1 is 1.12 bits per heavy atom. The maximum atomic E-state index is 12.7. The Bertz CT molecular complexity index is 623. The first-order chi connectivity index (χ1) is 12.1. The molecule has 1 atom stereocenters. The summed E-state index contributed by atoms with van der Waals surface area (Å²) in [7, 11) is 1.71. The summed E-state index contributed by atoms with van der Waals surface area (Å²) in [6.45, 7) is 2.71. The van der Waals surface area contributed by atoms with E-state index in [1.165, 1.54) is 12.8 Å². The van der Waals surface area contributed by atoms with Gasteiger partial charge in [0.25, 0.3) is 5.91 Å². The number of halogens is 1. The van der Waals surface area contributed by atoms with Crippen LogP contribution in [0.4, 0.5) is 0 Å². The van der Waals surface area contributed by atoms with E-state index in [0.29, 0.717) is 29.6 Å². The van der Waals surface area contributed by atoms with Crippen molar-refractivity contribution >= 4 is 23.4 Å². The SMILES string of the molecule is CNC(=O)C(C1CCCC1)N1CCN(C(=O)c2ccccc2Cl)CC1. The van der Waals surface area contributed by atoms with E-state index < -0.39 is 0 Å². The van der Waals surface area contributed by atoms with Gasteiger partial charge in [0.15, 0.2) is 0 Å². The minimum absolute atomic E-state index is 0.0254. The van der Waals surface area contributed by atoms with Crippen LogP contribution >= 0.6 is 11.6 Å². The fourth-order valence-corrected chi connectivity index (χ4v) is 4.32. The van der Waals surface area contributed by atoms with Gasteiger partial charge in [-0.2, -0.15) is 0 Å². The molecule has 0 aromatic heterocycles. The first kappa shape index (κ1) is 18.2. The lowest BCUT2D eigenvalue weighted by molar-refractivity contribution is -0.128. The average Bonchev–Trinajstić information content (AvgIpc) is 3.16. The van der Waals surface area contributed by atoms with E-state index >= 15 is 0 Å². The summed E-state index contributed by atoms with van der Waals surface area (Å²) in [5.74, 6) is 0.520. The summed E-state index contributed by atoms with van der Waals surface area (Å²) in [5, 5.41) is 3.32. The molecule has 0 radical (unpaired) electrons. The number of carbonyl (C=O) groups excluding carboxylic acids is 2. The van der Waals surface area contributed by atoms with E-state index in [-0.39, 0.29) is 17.9 Å². The van der Waals surface area contributed by atoms with Crippen molar-refractivity contribution in [1.29, 1.82) is 0 Å². The maximum Gasteiger partial charge on any atom is 0.255 e. The van der Waals surface area contributed by atoms with Gasteiger partial charge >= 0.3 is 0 Å². The molecule has 3 rings (SSSR count). The largest absolute Gasteiger partial charge is 0.358 e. The van der Waals surface area contributed by atoms with Gasteiger partial charge in [-0.15, -0.1) is 0 Å². The fraction of sp³-hybridized carbons (Fsp3) is 0.579. The van der Waals surface area contributed by atoms with Crippen LogP contribution in [-0.4, -0.2) is 60.9 Å². The second kappa shape index (κ2) is 8.19. The van der Waals surface area contributed by atoms with Crippen molar-refractivity contribution in [3.8, 4) is 0 Å². The molecule has 1 heterocycles. The average molecular weight is 364 g/mol. The Hall–Kier alpha value is -1.59. The molecule has 6 heteroatoms. The molecule has 5 nitrogen and oxygen atoms in total.